The second kappa shape index (κ2) is 8.70. The molecule has 0 atom stereocenters. The molecule has 1 N–H and O–H groups in total. The van der Waals surface area contributed by atoms with Crippen LogP contribution in [0.5, 0.6) is 0 Å². The molecule has 0 bridgehead atoms. The predicted molar refractivity (Wildman–Crippen MR) is 88.9 cm³/mol. The third-order valence-corrected chi connectivity index (χ3v) is 3.53. The van der Waals surface area contributed by atoms with Crippen LogP contribution in [0.25, 0.3) is 0 Å². The Bertz CT molecular complexity index is 596. The Morgan fingerprint density at radius 2 is 2.14 bits per heavy atom. The van der Waals surface area contributed by atoms with E-state index in [4.69, 9.17) is 4.74 Å². The van der Waals surface area contributed by atoms with Crippen LogP contribution in [0.2, 0.25) is 0 Å². The maximum Gasteiger partial charge on any atom is 0.251 e. The molecule has 0 saturated carbocycles. The SMILES string of the molecule is CCOCCCNC(=O)c1ccc(Cn2cc(Br)cn2)cc1. The lowest BCUT2D eigenvalue weighted by Gasteiger charge is -2.07. The van der Waals surface area contributed by atoms with Gasteiger partial charge in [0.1, 0.15) is 0 Å². The third kappa shape index (κ3) is 5.27. The first kappa shape index (κ1) is 16.7. The number of hydrogen-bond acceptors (Lipinski definition) is 3. The van der Waals surface area contributed by atoms with E-state index in [1.807, 2.05) is 42.1 Å². The summed E-state index contributed by atoms with van der Waals surface area (Å²) in [7, 11) is 0. The lowest BCUT2D eigenvalue weighted by atomic mass is 10.1. The van der Waals surface area contributed by atoms with Gasteiger partial charge in [0.2, 0.25) is 0 Å². The molecule has 1 amide bonds. The Kier molecular flexibility index (Phi) is 6.61. The van der Waals surface area contributed by atoms with E-state index in [0.29, 0.717) is 31.9 Å². The number of amides is 1. The summed E-state index contributed by atoms with van der Waals surface area (Å²) in [5.41, 5.74) is 1.77. The highest BCUT2D eigenvalue weighted by Gasteiger charge is 2.05. The summed E-state index contributed by atoms with van der Waals surface area (Å²) in [5, 5.41) is 7.10. The van der Waals surface area contributed by atoms with Gasteiger partial charge in [0.05, 0.1) is 17.2 Å². The van der Waals surface area contributed by atoms with Crippen LogP contribution in [0.3, 0.4) is 0 Å². The van der Waals surface area contributed by atoms with E-state index >= 15 is 0 Å². The molecule has 5 nitrogen and oxygen atoms in total. The van der Waals surface area contributed by atoms with E-state index in [9.17, 15) is 4.79 Å². The van der Waals surface area contributed by atoms with Crippen LogP contribution in [0.1, 0.15) is 29.3 Å². The summed E-state index contributed by atoms with van der Waals surface area (Å²) in [6, 6.07) is 7.58. The fraction of sp³-hybridized carbons (Fsp3) is 0.375. The van der Waals surface area contributed by atoms with Gasteiger partial charge >= 0.3 is 0 Å². The van der Waals surface area contributed by atoms with Crippen molar-refractivity contribution in [2.75, 3.05) is 19.8 Å². The second-order valence-corrected chi connectivity index (χ2v) is 5.78. The average Bonchev–Trinajstić information content (AvgIpc) is 2.93. The fourth-order valence-corrected chi connectivity index (χ4v) is 2.32. The summed E-state index contributed by atoms with van der Waals surface area (Å²) in [4.78, 5) is 12.0. The lowest BCUT2D eigenvalue weighted by molar-refractivity contribution is 0.0944. The number of ether oxygens (including phenoxy) is 1. The van der Waals surface area contributed by atoms with Crippen molar-refractivity contribution in [3.63, 3.8) is 0 Å². The van der Waals surface area contributed by atoms with Gasteiger partial charge in [-0.25, -0.2) is 0 Å². The normalized spacial score (nSPS) is 10.6. The maximum atomic E-state index is 12.0. The zero-order valence-electron chi connectivity index (χ0n) is 12.6. The van der Waals surface area contributed by atoms with Crippen molar-refractivity contribution in [3.8, 4) is 0 Å². The van der Waals surface area contributed by atoms with E-state index in [2.05, 4.69) is 26.3 Å². The number of aromatic nitrogens is 2. The molecular weight excluding hydrogens is 346 g/mol. The van der Waals surface area contributed by atoms with Crippen molar-refractivity contribution in [2.24, 2.45) is 0 Å². The first-order valence-corrected chi connectivity index (χ1v) is 8.11. The van der Waals surface area contributed by atoms with E-state index in [1.54, 1.807) is 6.20 Å². The van der Waals surface area contributed by atoms with Gasteiger partial charge in [-0.2, -0.15) is 5.10 Å². The molecule has 0 saturated heterocycles. The van der Waals surface area contributed by atoms with E-state index in [1.165, 1.54) is 0 Å². The van der Waals surface area contributed by atoms with Crippen LogP contribution >= 0.6 is 15.9 Å². The Morgan fingerprint density at radius 3 is 2.77 bits per heavy atom. The Morgan fingerprint density at radius 1 is 1.36 bits per heavy atom. The van der Waals surface area contributed by atoms with Crippen LogP contribution in [0, 0.1) is 0 Å². The smallest absolute Gasteiger partial charge is 0.251 e. The van der Waals surface area contributed by atoms with Crippen molar-refractivity contribution < 1.29 is 9.53 Å². The molecule has 22 heavy (non-hydrogen) atoms. The van der Waals surface area contributed by atoms with Crippen molar-refractivity contribution in [2.45, 2.75) is 19.9 Å². The lowest BCUT2D eigenvalue weighted by Crippen LogP contribution is -2.25. The van der Waals surface area contributed by atoms with Crippen LogP contribution in [-0.4, -0.2) is 35.4 Å². The molecule has 2 aromatic rings. The number of hydrogen-bond donors (Lipinski definition) is 1. The van der Waals surface area contributed by atoms with Crippen LogP contribution < -0.4 is 5.32 Å². The molecule has 1 aromatic heterocycles. The number of rotatable bonds is 8. The summed E-state index contributed by atoms with van der Waals surface area (Å²) in [6.07, 6.45) is 4.49. The van der Waals surface area contributed by atoms with Gasteiger partial charge in [0, 0.05) is 31.5 Å². The number of halogens is 1. The van der Waals surface area contributed by atoms with Gasteiger partial charge in [-0.15, -0.1) is 0 Å². The van der Waals surface area contributed by atoms with Gasteiger partial charge in [-0.3, -0.25) is 9.48 Å². The number of nitrogens with zero attached hydrogens (tertiary/aromatic N) is 2. The Labute approximate surface area is 138 Å². The number of carbonyl (C=O) groups excluding carboxylic acids is 1. The number of nitrogens with one attached hydrogen (secondary N) is 1. The Balaban J connectivity index is 1.81. The molecule has 0 spiro atoms. The van der Waals surface area contributed by atoms with Crippen LogP contribution in [0.4, 0.5) is 0 Å². The highest BCUT2D eigenvalue weighted by atomic mass is 79.9. The molecule has 0 aliphatic carbocycles. The summed E-state index contributed by atoms with van der Waals surface area (Å²) < 4.78 is 8.03. The molecule has 6 heteroatoms. The average molecular weight is 366 g/mol. The van der Waals surface area contributed by atoms with Gasteiger partial charge < -0.3 is 10.1 Å². The van der Waals surface area contributed by atoms with E-state index in [0.717, 1.165) is 16.5 Å². The first-order chi connectivity index (χ1) is 10.7. The molecule has 0 fully saturated rings. The van der Waals surface area contributed by atoms with E-state index < -0.39 is 0 Å². The summed E-state index contributed by atoms with van der Waals surface area (Å²) in [5.74, 6) is -0.0510. The molecule has 0 radical (unpaired) electrons. The third-order valence-electron chi connectivity index (χ3n) is 3.12. The van der Waals surface area contributed by atoms with Crippen molar-refractivity contribution in [1.82, 2.24) is 15.1 Å². The minimum Gasteiger partial charge on any atom is -0.382 e. The predicted octanol–water partition coefficient (Wildman–Crippen LogP) is 2.85. The largest absolute Gasteiger partial charge is 0.382 e. The van der Waals surface area contributed by atoms with Crippen molar-refractivity contribution in [3.05, 3.63) is 52.3 Å². The maximum absolute atomic E-state index is 12.0. The van der Waals surface area contributed by atoms with Gasteiger partial charge in [0.25, 0.3) is 5.91 Å². The molecule has 0 aliphatic heterocycles. The molecule has 0 unspecified atom stereocenters. The first-order valence-electron chi connectivity index (χ1n) is 7.32. The summed E-state index contributed by atoms with van der Waals surface area (Å²) >= 11 is 3.37. The highest BCUT2D eigenvalue weighted by molar-refractivity contribution is 9.10. The number of carbonyl (C=O) groups is 1. The second-order valence-electron chi connectivity index (χ2n) is 4.86. The Hall–Kier alpha value is -1.66. The summed E-state index contributed by atoms with van der Waals surface area (Å²) in [6.45, 7) is 4.66. The minimum absolute atomic E-state index is 0.0510. The van der Waals surface area contributed by atoms with Gasteiger partial charge in [-0.05, 0) is 47.0 Å². The zero-order chi connectivity index (χ0) is 15.8. The van der Waals surface area contributed by atoms with Crippen molar-refractivity contribution in [1.29, 1.82) is 0 Å². The number of benzene rings is 1. The zero-order valence-corrected chi connectivity index (χ0v) is 14.2. The minimum atomic E-state index is -0.0510. The molecule has 1 heterocycles. The van der Waals surface area contributed by atoms with Crippen molar-refractivity contribution >= 4 is 21.8 Å². The highest BCUT2D eigenvalue weighted by Crippen LogP contribution is 2.10. The molecule has 118 valence electrons. The molecule has 2 rings (SSSR count). The molecule has 0 aliphatic rings. The monoisotopic (exact) mass is 365 g/mol. The molecule has 1 aromatic carbocycles. The standard InChI is InChI=1S/C16H20BrN3O2/c1-2-22-9-3-8-18-16(21)14-6-4-13(5-7-14)11-20-12-15(17)10-19-20/h4-7,10,12H,2-3,8-9,11H2,1H3,(H,18,21). The molecular formula is C16H20BrN3O2. The van der Waals surface area contributed by atoms with Gasteiger partial charge in [-0.1, -0.05) is 12.1 Å². The van der Waals surface area contributed by atoms with Crippen LogP contribution in [0.15, 0.2) is 41.1 Å². The van der Waals surface area contributed by atoms with E-state index in [-0.39, 0.29) is 5.91 Å². The van der Waals surface area contributed by atoms with Gasteiger partial charge in [0.15, 0.2) is 0 Å². The topological polar surface area (TPSA) is 56.1 Å². The van der Waals surface area contributed by atoms with Crippen LogP contribution in [-0.2, 0) is 11.3 Å². The fourth-order valence-electron chi connectivity index (χ4n) is 2.00. The quantitative estimate of drug-likeness (QED) is 0.731.